The van der Waals surface area contributed by atoms with Gasteiger partial charge in [0.05, 0.1) is 12.1 Å². The van der Waals surface area contributed by atoms with Crippen molar-refractivity contribution in [2.75, 3.05) is 17.2 Å². The van der Waals surface area contributed by atoms with Gasteiger partial charge < -0.3 is 16.0 Å². The van der Waals surface area contributed by atoms with Gasteiger partial charge in [0.1, 0.15) is 5.00 Å². The van der Waals surface area contributed by atoms with Crippen molar-refractivity contribution < 1.29 is 14.4 Å². The standard InChI is InChI=1S/C22H26ClN7O3S/c23-12-2-4-13(5-3-12)25-22(33)26-20-18(19(24)31)14-7-8-30(10-17(14)34-20)21(32)11-1-6-15-16(9-11)28-29-27-15/h2-5,11,15-16,27-29H,1,6-10H2,(H2,24,31)(H2,25,26,33). The Morgan fingerprint density at radius 3 is 2.62 bits per heavy atom. The fourth-order valence-electron chi connectivity index (χ4n) is 4.95. The van der Waals surface area contributed by atoms with Crippen molar-refractivity contribution in [1.29, 1.82) is 0 Å². The van der Waals surface area contributed by atoms with E-state index in [1.54, 1.807) is 24.3 Å². The van der Waals surface area contributed by atoms with Crippen LogP contribution in [0.15, 0.2) is 24.3 Å². The number of benzene rings is 1. The smallest absolute Gasteiger partial charge is 0.324 e. The van der Waals surface area contributed by atoms with Gasteiger partial charge in [-0.2, -0.15) is 5.53 Å². The third-order valence-corrected chi connectivity index (χ3v) is 8.04. The maximum atomic E-state index is 13.3. The topological polar surface area (TPSA) is 141 Å². The lowest BCUT2D eigenvalue weighted by atomic mass is 9.82. The molecule has 4 amide bonds. The summed E-state index contributed by atoms with van der Waals surface area (Å²) in [5, 5.41) is 6.43. The number of carbonyl (C=O) groups excluding carboxylic acids is 3. The van der Waals surface area contributed by atoms with Crippen molar-refractivity contribution in [2.24, 2.45) is 11.7 Å². The monoisotopic (exact) mass is 503 g/mol. The summed E-state index contributed by atoms with van der Waals surface area (Å²) in [6, 6.07) is 6.80. The number of rotatable bonds is 4. The quantitative estimate of drug-likeness (QED) is 0.378. The van der Waals surface area contributed by atoms with Gasteiger partial charge in [-0.3, -0.25) is 14.9 Å². The van der Waals surface area contributed by atoms with Crippen LogP contribution < -0.4 is 32.8 Å². The maximum Gasteiger partial charge on any atom is 0.324 e. The first-order valence-electron chi connectivity index (χ1n) is 11.2. The van der Waals surface area contributed by atoms with Gasteiger partial charge in [0.25, 0.3) is 5.91 Å². The van der Waals surface area contributed by atoms with Crippen LogP contribution in [0.4, 0.5) is 15.5 Å². The first-order chi connectivity index (χ1) is 16.4. The molecule has 3 atom stereocenters. The summed E-state index contributed by atoms with van der Waals surface area (Å²) in [6.07, 6.45) is 3.08. The Labute approximate surface area is 205 Å². The molecule has 5 rings (SSSR count). The molecule has 2 aromatic rings. The van der Waals surface area contributed by atoms with Gasteiger partial charge in [0.15, 0.2) is 0 Å². The third-order valence-electron chi connectivity index (χ3n) is 6.66. The van der Waals surface area contributed by atoms with E-state index in [4.69, 9.17) is 17.3 Å². The molecule has 1 saturated carbocycles. The predicted molar refractivity (Wildman–Crippen MR) is 130 cm³/mol. The lowest BCUT2D eigenvalue weighted by molar-refractivity contribution is -0.137. The molecule has 1 saturated heterocycles. The molecular weight excluding hydrogens is 478 g/mol. The van der Waals surface area contributed by atoms with Crippen LogP contribution in [-0.4, -0.2) is 41.4 Å². The van der Waals surface area contributed by atoms with E-state index in [-0.39, 0.29) is 17.9 Å². The summed E-state index contributed by atoms with van der Waals surface area (Å²) in [6.45, 7) is 0.932. The number of halogens is 1. The number of nitrogens with zero attached hydrogens (tertiary/aromatic N) is 1. The fraction of sp³-hybridized carbons (Fsp3) is 0.409. The molecule has 1 aromatic heterocycles. The van der Waals surface area contributed by atoms with Gasteiger partial charge in [-0.05, 0) is 55.5 Å². The van der Waals surface area contributed by atoms with Crippen molar-refractivity contribution >= 4 is 51.5 Å². The van der Waals surface area contributed by atoms with E-state index in [0.29, 0.717) is 46.8 Å². The van der Waals surface area contributed by atoms with Crippen LogP contribution in [0, 0.1) is 5.92 Å². The third kappa shape index (κ3) is 4.62. The average Bonchev–Trinajstić information content (AvgIpc) is 3.43. The van der Waals surface area contributed by atoms with Gasteiger partial charge in [-0.25, -0.2) is 15.6 Å². The highest BCUT2D eigenvalue weighted by atomic mass is 35.5. The minimum atomic E-state index is -0.593. The molecule has 0 radical (unpaired) electrons. The first kappa shape index (κ1) is 23.1. The van der Waals surface area contributed by atoms with Crippen LogP contribution in [0.1, 0.15) is 40.1 Å². The zero-order chi connectivity index (χ0) is 23.8. The van der Waals surface area contributed by atoms with Crippen LogP contribution in [0.25, 0.3) is 0 Å². The second-order valence-corrected chi connectivity index (χ2v) is 10.3. The van der Waals surface area contributed by atoms with Crippen LogP contribution in [0.3, 0.4) is 0 Å². The van der Waals surface area contributed by atoms with Gasteiger partial charge >= 0.3 is 6.03 Å². The number of carbonyl (C=O) groups is 3. The molecule has 2 aliphatic heterocycles. The zero-order valence-electron chi connectivity index (χ0n) is 18.3. The second-order valence-electron chi connectivity index (χ2n) is 8.80. The molecule has 1 aliphatic carbocycles. The molecule has 0 spiro atoms. The minimum Gasteiger partial charge on any atom is -0.365 e. The molecule has 3 aliphatic rings. The molecule has 180 valence electrons. The SMILES string of the molecule is NC(=O)c1c(NC(=O)Nc2ccc(Cl)cc2)sc2c1CCN(C(=O)C1CCC3NNNC3C1)C2. The summed E-state index contributed by atoms with van der Waals surface area (Å²) in [5.74, 6) is -0.484. The van der Waals surface area contributed by atoms with Crippen LogP contribution in [0.5, 0.6) is 0 Å². The molecule has 12 heteroatoms. The summed E-state index contributed by atoms with van der Waals surface area (Å²) < 4.78 is 0. The molecule has 7 N–H and O–H groups in total. The zero-order valence-corrected chi connectivity index (χ0v) is 19.9. The van der Waals surface area contributed by atoms with Crippen molar-refractivity contribution in [3.63, 3.8) is 0 Å². The Morgan fingerprint density at radius 1 is 1.09 bits per heavy atom. The highest BCUT2D eigenvalue weighted by molar-refractivity contribution is 7.17. The highest BCUT2D eigenvalue weighted by Gasteiger charge is 2.39. The van der Waals surface area contributed by atoms with Crippen LogP contribution >= 0.6 is 22.9 Å². The number of anilines is 2. The number of amides is 4. The van der Waals surface area contributed by atoms with Crippen molar-refractivity contribution in [2.45, 2.75) is 44.3 Å². The molecule has 3 unspecified atom stereocenters. The molecule has 3 heterocycles. The number of fused-ring (bicyclic) bond motifs is 2. The lowest BCUT2D eigenvalue weighted by Gasteiger charge is -2.35. The van der Waals surface area contributed by atoms with Gasteiger partial charge in [0, 0.05) is 40.1 Å². The van der Waals surface area contributed by atoms with Gasteiger partial charge in [-0.15, -0.1) is 11.3 Å². The number of urea groups is 1. The Hall–Kier alpha value is -2.70. The van der Waals surface area contributed by atoms with Gasteiger partial charge in [-0.1, -0.05) is 11.6 Å². The van der Waals surface area contributed by atoms with E-state index in [2.05, 4.69) is 27.0 Å². The Morgan fingerprint density at radius 2 is 1.85 bits per heavy atom. The number of nitrogens with one attached hydrogen (secondary N) is 5. The van der Waals surface area contributed by atoms with E-state index in [1.165, 1.54) is 11.3 Å². The molecular formula is C22H26ClN7O3S. The number of nitrogens with two attached hydrogens (primary N) is 1. The maximum absolute atomic E-state index is 13.3. The van der Waals surface area contributed by atoms with Crippen molar-refractivity contribution in [3.05, 3.63) is 45.3 Å². The number of hydrazine groups is 2. The summed E-state index contributed by atoms with van der Waals surface area (Å²) in [4.78, 5) is 40.8. The number of thiophene rings is 1. The van der Waals surface area contributed by atoms with Gasteiger partial charge in [0.2, 0.25) is 5.91 Å². The van der Waals surface area contributed by atoms with E-state index in [1.807, 2.05) is 4.90 Å². The minimum absolute atomic E-state index is 0.0321. The average molecular weight is 504 g/mol. The largest absolute Gasteiger partial charge is 0.365 e. The molecule has 1 aromatic carbocycles. The summed E-state index contributed by atoms with van der Waals surface area (Å²) in [5.41, 5.74) is 16.7. The fourth-order valence-corrected chi connectivity index (χ4v) is 6.34. The van der Waals surface area contributed by atoms with E-state index in [9.17, 15) is 14.4 Å². The van der Waals surface area contributed by atoms with E-state index < -0.39 is 11.9 Å². The van der Waals surface area contributed by atoms with Crippen LogP contribution in [-0.2, 0) is 17.8 Å². The summed E-state index contributed by atoms with van der Waals surface area (Å²) >= 11 is 7.18. The Balaban J connectivity index is 1.28. The molecule has 2 fully saturated rings. The lowest BCUT2D eigenvalue weighted by Crippen LogP contribution is -2.46. The highest BCUT2D eigenvalue weighted by Crippen LogP contribution is 2.38. The van der Waals surface area contributed by atoms with E-state index >= 15 is 0 Å². The number of hydrogen-bond donors (Lipinski definition) is 6. The Kier molecular flexibility index (Phi) is 6.45. The molecule has 10 nitrogen and oxygen atoms in total. The predicted octanol–water partition coefficient (Wildman–Crippen LogP) is 2.18. The Bertz CT molecular complexity index is 1120. The van der Waals surface area contributed by atoms with Crippen LogP contribution in [0.2, 0.25) is 5.02 Å². The van der Waals surface area contributed by atoms with E-state index in [0.717, 1.165) is 29.7 Å². The van der Waals surface area contributed by atoms with Crippen molar-refractivity contribution in [3.8, 4) is 0 Å². The normalized spacial score (nSPS) is 23.7. The first-order valence-corrected chi connectivity index (χ1v) is 12.4. The second kappa shape index (κ2) is 9.51. The van der Waals surface area contributed by atoms with Crippen molar-refractivity contribution in [1.82, 2.24) is 21.3 Å². The number of hydrogen-bond acceptors (Lipinski definition) is 7. The summed E-state index contributed by atoms with van der Waals surface area (Å²) in [7, 11) is 0. The molecule has 34 heavy (non-hydrogen) atoms. The molecule has 0 bridgehead atoms. The number of primary amides is 1.